The molecule has 0 fully saturated rings. The first-order valence-electron chi connectivity index (χ1n) is 10.1. The van der Waals surface area contributed by atoms with Crippen LogP contribution in [0.5, 0.6) is 5.75 Å². The Morgan fingerprint density at radius 3 is 2.30 bits per heavy atom. The number of hydrogen-bond donors (Lipinski definition) is 2. The van der Waals surface area contributed by atoms with Gasteiger partial charge in [-0.05, 0) is 56.3 Å². The number of carbonyl (C=O) groups is 3. The minimum atomic E-state index is -0.501. The summed E-state index contributed by atoms with van der Waals surface area (Å²) in [4.78, 5) is 36.7. The number of nitrogens with zero attached hydrogens (tertiary/aromatic N) is 1. The molecule has 0 aliphatic rings. The molecule has 2 amide bonds. The van der Waals surface area contributed by atoms with Crippen molar-refractivity contribution in [3.63, 3.8) is 0 Å². The summed E-state index contributed by atoms with van der Waals surface area (Å²) in [5.74, 6) is -1.07. The molecule has 0 aromatic heterocycles. The molecule has 0 spiro atoms. The Morgan fingerprint density at radius 2 is 1.61 bits per heavy atom. The van der Waals surface area contributed by atoms with Crippen molar-refractivity contribution in [1.29, 1.82) is 0 Å². The van der Waals surface area contributed by atoms with E-state index in [0.717, 1.165) is 15.6 Å². The number of hydrogen-bond acceptors (Lipinski definition) is 5. The van der Waals surface area contributed by atoms with E-state index in [9.17, 15) is 14.4 Å². The number of halogens is 1. The van der Waals surface area contributed by atoms with Crippen LogP contribution in [0.2, 0.25) is 0 Å². The summed E-state index contributed by atoms with van der Waals surface area (Å²) in [6.07, 6.45) is 1.36. The largest absolute Gasteiger partial charge is 0.422 e. The van der Waals surface area contributed by atoms with Gasteiger partial charge in [0, 0.05) is 15.6 Å². The van der Waals surface area contributed by atoms with Crippen LogP contribution in [-0.2, 0) is 4.79 Å². The molecule has 7 nitrogen and oxygen atoms in total. The fourth-order valence-electron chi connectivity index (χ4n) is 2.91. The highest BCUT2D eigenvalue weighted by Gasteiger charge is 2.12. The number of hydrazone groups is 1. The number of esters is 1. The van der Waals surface area contributed by atoms with Crippen molar-refractivity contribution in [2.24, 2.45) is 5.10 Å². The predicted molar refractivity (Wildman–Crippen MR) is 130 cm³/mol. The van der Waals surface area contributed by atoms with Crippen LogP contribution in [-0.4, -0.2) is 30.5 Å². The lowest BCUT2D eigenvalue weighted by Crippen LogP contribution is -2.34. The Bertz CT molecular complexity index is 1220. The summed E-state index contributed by atoms with van der Waals surface area (Å²) in [7, 11) is 0. The standard InChI is InChI=1S/C25H22BrN3O4/c1-16-5-3-7-18(11-16)24(31)27-15-23(30)29-28-14-20-13-21(26)9-10-22(20)33-25(32)19-8-4-6-17(2)12-19/h3-14H,15H2,1-2H3,(H,27,31)(H,29,30). The number of aryl methyl sites for hydroxylation is 2. The Morgan fingerprint density at radius 1 is 0.939 bits per heavy atom. The second-order valence-corrected chi connectivity index (χ2v) is 8.20. The van der Waals surface area contributed by atoms with E-state index in [4.69, 9.17) is 4.74 Å². The molecule has 8 heteroatoms. The van der Waals surface area contributed by atoms with Crippen molar-refractivity contribution in [1.82, 2.24) is 10.7 Å². The Kier molecular flexibility index (Phi) is 8.10. The normalized spacial score (nSPS) is 10.6. The summed E-state index contributed by atoms with van der Waals surface area (Å²) >= 11 is 3.37. The van der Waals surface area contributed by atoms with E-state index in [0.29, 0.717) is 16.7 Å². The van der Waals surface area contributed by atoms with Crippen molar-refractivity contribution >= 4 is 39.9 Å². The van der Waals surface area contributed by atoms with Crippen LogP contribution in [0.15, 0.2) is 76.3 Å². The van der Waals surface area contributed by atoms with Crippen LogP contribution in [0.1, 0.15) is 37.4 Å². The molecule has 2 N–H and O–H groups in total. The van der Waals surface area contributed by atoms with Gasteiger partial charge in [0.2, 0.25) is 0 Å². The van der Waals surface area contributed by atoms with Crippen molar-refractivity contribution < 1.29 is 19.1 Å². The van der Waals surface area contributed by atoms with Gasteiger partial charge in [-0.15, -0.1) is 0 Å². The molecule has 0 atom stereocenters. The van der Waals surface area contributed by atoms with Gasteiger partial charge < -0.3 is 10.1 Å². The third-order valence-electron chi connectivity index (χ3n) is 4.51. The van der Waals surface area contributed by atoms with Gasteiger partial charge in [0.1, 0.15) is 5.75 Å². The fourth-order valence-corrected chi connectivity index (χ4v) is 3.29. The number of carbonyl (C=O) groups excluding carboxylic acids is 3. The first kappa shape index (κ1) is 23.9. The van der Waals surface area contributed by atoms with Crippen molar-refractivity contribution in [2.45, 2.75) is 13.8 Å². The van der Waals surface area contributed by atoms with Gasteiger partial charge in [-0.2, -0.15) is 5.10 Å². The minimum absolute atomic E-state index is 0.238. The lowest BCUT2D eigenvalue weighted by atomic mass is 10.1. The Hall–Kier alpha value is -3.78. The average Bonchev–Trinajstić information content (AvgIpc) is 2.79. The molecule has 0 aliphatic heterocycles. The van der Waals surface area contributed by atoms with Crippen LogP contribution >= 0.6 is 15.9 Å². The van der Waals surface area contributed by atoms with E-state index < -0.39 is 11.9 Å². The van der Waals surface area contributed by atoms with Gasteiger partial charge >= 0.3 is 5.97 Å². The molecule has 0 radical (unpaired) electrons. The van der Waals surface area contributed by atoms with Crippen molar-refractivity contribution in [3.05, 3.63) is 99.0 Å². The highest BCUT2D eigenvalue weighted by atomic mass is 79.9. The van der Waals surface area contributed by atoms with Crippen LogP contribution < -0.4 is 15.5 Å². The fraction of sp³-hybridized carbons (Fsp3) is 0.120. The van der Waals surface area contributed by atoms with Gasteiger partial charge in [0.15, 0.2) is 0 Å². The lowest BCUT2D eigenvalue weighted by Gasteiger charge is -2.09. The maximum atomic E-state index is 12.5. The SMILES string of the molecule is Cc1cccc(C(=O)NCC(=O)NN=Cc2cc(Br)ccc2OC(=O)c2cccc(C)c2)c1. The monoisotopic (exact) mass is 507 g/mol. The van der Waals surface area contributed by atoms with Crippen LogP contribution in [0.25, 0.3) is 0 Å². The topological polar surface area (TPSA) is 96.9 Å². The summed E-state index contributed by atoms with van der Waals surface area (Å²) < 4.78 is 6.26. The van der Waals surface area contributed by atoms with E-state index in [-0.39, 0.29) is 18.2 Å². The number of benzene rings is 3. The first-order valence-corrected chi connectivity index (χ1v) is 10.9. The maximum absolute atomic E-state index is 12.5. The maximum Gasteiger partial charge on any atom is 0.343 e. The highest BCUT2D eigenvalue weighted by Crippen LogP contribution is 2.23. The van der Waals surface area contributed by atoms with Gasteiger partial charge in [-0.25, -0.2) is 10.2 Å². The summed E-state index contributed by atoms with van der Waals surface area (Å²) in [6.45, 7) is 3.53. The zero-order chi connectivity index (χ0) is 23.8. The molecule has 0 bridgehead atoms. The van der Waals surface area contributed by atoms with Gasteiger partial charge in [-0.3, -0.25) is 9.59 Å². The molecular formula is C25H22BrN3O4. The van der Waals surface area contributed by atoms with Crippen LogP contribution in [0, 0.1) is 13.8 Å². The zero-order valence-corrected chi connectivity index (χ0v) is 19.7. The van der Waals surface area contributed by atoms with Gasteiger partial charge in [-0.1, -0.05) is 51.3 Å². The molecule has 0 saturated heterocycles. The number of rotatable bonds is 7. The molecule has 3 rings (SSSR count). The van der Waals surface area contributed by atoms with E-state index in [1.807, 2.05) is 26.0 Å². The smallest absolute Gasteiger partial charge is 0.343 e. The quantitative estimate of drug-likeness (QED) is 0.217. The Labute approximate surface area is 200 Å². The highest BCUT2D eigenvalue weighted by molar-refractivity contribution is 9.10. The van der Waals surface area contributed by atoms with E-state index >= 15 is 0 Å². The van der Waals surface area contributed by atoms with Crippen LogP contribution in [0.4, 0.5) is 0 Å². The van der Waals surface area contributed by atoms with Gasteiger partial charge in [0.05, 0.1) is 18.3 Å². The number of amides is 2. The summed E-state index contributed by atoms with van der Waals surface area (Å²) in [5, 5.41) is 6.46. The molecule has 3 aromatic carbocycles. The van der Waals surface area contributed by atoms with Crippen molar-refractivity contribution in [2.75, 3.05) is 6.54 Å². The third kappa shape index (κ3) is 7.11. The zero-order valence-electron chi connectivity index (χ0n) is 18.1. The second-order valence-electron chi connectivity index (χ2n) is 7.29. The number of ether oxygens (including phenoxy) is 1. The van der Waals surface area contributed by atoms with E-state index in [2.05, 4.69) is 31.8 Å². The van der Waals surface area contributed by atoms with Gasteiger partial charge in [0.25, 0.3) is 11.8 Å². The summed E-state index contributed by atoms with van der Waals surface area (Å²) in [5.41, 5.74) is 5.62. The molecule has 0 heterocycles. The molecule has 0 unspecified atom stereocenters. The second kappa shape index (κ2) is 11.2. The molecule has 0 saturated carbocycles. The third-order valence-corrected chi connectivity index (χ3v) is 5.00. The van der Waals surface area contributed by atoms with E-state index in [1.165, 1.54) is 6.21 Å². The number of nitrogens with one attached hydrogen (secondary N) is 2. The first-order chi connectivity index (χ1) is 15.8. The van der Waals surface area contributed by atoms with Crippen molar-refractivity contribution in [3.8, 4) is 5.75 Å². The molecule has 33 heavy (non-hydrogen) atoms. The molecule has 3 aromatic rings. The molecule has 0 aliphatic carbocycles. The minimum Gasteiger partial charge on any atom is -0.422 e. The summed E-state index contributed by atoms with van der Waals surface area (Å²) in [6, 6.07) is 19.2. The Balaban J connectivity index is 1.60. The lowest BCUT2D eigenvalue weighted by molar-refractivity contribution is -0.120. The molecule has 168 valence electrons. The average molecular weight is 508 g/mol. The van der Waals surface area contributed by atoms with Crippen LogP contribution in [0.3, 0.4) is 0 Å². The van der Waals surface area contributed by atoms with E-state index in [1.54, 1.807) is 54.6 Å². The predicted octanol–water partition coefficient (Wildman–Crippen LogP) is 4.17. The molecular weight excluding hydrogens is 486 g/mol.